The maximum absolute atomic E-state index is 12.6. The summed E-state index contributed by atoms with van der Waals surface area (Å²) in [6.07, 6.45) is 6.55. The van der Waals surface area contributed by atoms with Crippen molar-refractivity contribution in [2.24, 2.45) is 30.7 Å². The van der Waals surface area contributed by atoms with E-state index in [0.717, 1.165) is 25.7 Å². The van der Waals surface area contributed by atoms with Crippen molar-refractivity contribution in [1.82, 2.24) is 15.1 Å². The van der Waals surface area contributed by atoms with Gasteiger partial charge in [0.15, 0.2) is 0 Å². The van der Waals surface area contributed by atoms with E-state index < -0.39 is 11.5 Å². The SMILES string of the molecule is Cl.Cn1nccc1C(=O)NC1(C(=O)O)C2CC3CC(C2)CC1C3. The molecule has 4 aliphatic carbocycles. The molecule has 1 amide bonds. The normalized spacial score (nSPS) is 37.3. The maximum atomic E-state index is 12.6. The number of aliphatic carboxylic acids is 1. The number of nitrogens with zero attached hydrogens (tertiary/aromatic N) is 2. The van der Waals surface area contributed by atoms with Crippen molar-refractivity contribution < 1.29 is 14.7 Å². The third-order valence-corrected chi connectivity index (χ3v) is 6.15. The Morgan fingerprint density at radius 2 is 1.78 bits per heavy atom. The summed E-state index contributed by atoms with van der Waals surface area (Å²) in [7, 11) is 1.69. The highest BCUT2D eigenvalue weighted by Gasteiger charge is 2.62. The highest BCUT2D eigenvalue weighted by molar-refractivity contribution is 5.97. The number of carboxylic acids is 1. The van der Waals surface area contributed by atoms with Gasteiger partial charge in [0.2, 0.25) is 0 Å². The minimum atomic E-state index is -1.09. The average Bonchev–Trinajstić information content (AvgIpc) is 2.88. The van der Waals surface area contributed by atoms with Crippen molar-refractivity contribution in [2.75, 3.05) is 0 Å². The van der Waals surface area contributed by atoms with Gasteiger partial charge < -0.3 is 10.4 Å². The van der Waals surface area contributed by atoms with E-state index >= 15 is 0 Å². The highest BCUT2D eigenvalue weighted by Crippen LogP contribution is 2.58. The van der Waals surface area contributed by atoms with Gasteiger partial charge in [-0.05, 0) is 61.8 Å². The van der Waals surface area contributed by atoms with Crippen LogP contribution >= 0.6 is 12.4 Å². The van der Waals surface area contributed by atoms with Gasteiger partial charge in [0.1, 0.15) is 11.2 Å². The molecular formula is C16H22ClN3O3. The molecule has 0 atom stereocenters. The average molecular weight is 340 g/mol. The summed E-state index contributed by atoms with van der Waals surface area (Å²) in [5.74, 6) is 0.260. The number of halogens is 1. The number of nitrogens with one attached hydrogen (secondary N) is 1. The Morgan fingerprint density at radius 3 is 2.22 bits per heavy atom. The first-order valence-electron chi connectivity index (χ1n) is 8.04. The van der Waals surface area contributed by atoms with E-state index in [2.05, 4.69) is 10.4 Å². The Balaban J connectivity index is 0.00000156. The number of aromatic nitrogens is 2. The van der Waals surface area contributed by atoms with Gasteiger partial charge in [-0.3, -0.25) is 9.48 Å². The molecule has 1 aromatic heterocycles. The van der Waals surface area contributed by atoms with Crippen LogP contribution in [0.3, 0.4) is 0 Å². The van der Waals surface area contributed by atoms with E-state index in [1.165, 1.54) is 11.1 Å². The molecule has 4 aliphatic rings. The van der Waals surface area contributed by atoms with Crippen LogP contribution in [-0.4, -0.2) is 32.3 Å². The van der Waals surface area contributed by atoms with Crippen molar-refractivity contribution in [2.45, 2.75) is 37.6 Å². The second-order valence-corrected chi connectivity index (χ2v) is 7.27. The number of aryl methyl sites for hydroxylation is 1. The van der Waals surface area contributed by atoms with E-state index in [-0.39, 0.29) is 30.2 Å². The molecule has 7 heteroatoms. The van der Waals surface area contributed by atoms with E-state index in [0.29, 0.717) is 17.5 Å². The number of carbonyl (C=O) groups excluding carboxylic acids is 1. The number of hydrogen-bond acceptors (Lipinski definition) is 3. The zero-order valence-electron chi connectivity index (χ0n) is 13.1. The molecule has 0 aliphatic heterocycles. The Morgan fingerprint density at radius 1 is 1.22 bits per heavy atom. The minimum absolute atomic E-state index is 0. The molecule has 2 N–H and O–H groups in total. The monoisotopic (exact) mass is 339 g/mol. The van der Waals surface area contributed by atoms with Gasteiger partial charge in [0.05, 0.1) is 0 Å². The Kier molecular flexibility index (Phi) is 3.91. The lowest BCUT2D eigenvalue weighted by atomic mass is 9.48. The van der Waals surface area contributed by atoms with Crippen LogP contribution < -0.4 is 5.32 Å². The first-order valence-corrected chi connectivity index (χ1v) is 8.04. The topological polar surface area (TPSA) is 84.2 Å². The van der Waals surface area contributed by atoms with E-state index in [9.17, 15) is 14.7 Å². The largest absolute Gasteiger partial charge is 0.479 e. The molecule has 0 spiro atoms. The van der Waals surface area contributed by atoms with Crippen LogP contribution in [0.15, 0.2) is 12.3 Å². The third kappa shape index (κ3) is 2.26. The van der Waals surface area contributed by atoms with Crippen LogP contribution in [0.4, 0.5) is 0 Å². The van der Waals surface area contributed by atoms with E-state index in [4.69, 9.17) is 0 Å². The number of amides is 1. The van der Waals surface area contributed by atoms with Crippen LogP contribution in [0.1, 0.15) is 42.6 Å². The molecule has 0 aromatic carbocycles. The Labute approximate surface area is 141 Å². The van der Waals surface area contributed by atoms with Crippen LogP contribution in [0.2, 0.25) is 0 Å². The van der Waals surface area contributed by atoms with Gasteiger partial charge in [-0.25, -0.2) is 4.79 Å². The summed E-state index contributed by atoms with van der Waals surface area (Å²) in [4.78, 5) is 24.8. The molecule has 0 unspecified atom stereocenters. The van der Waals surface area contributed by atoms with Crippen molar-refractivity contribution in [3.8, 4) is 0 Å². The molecule has 6 nitrogen and oxygen atoms in total. The molecule has 1 aromatic rings. The smallest absolute Gasteiger partial charge is 0.330 e. The summed E-state index contributed by atoms with van der Waals surface area (Å²) in [6.45, 7) is 0. The maximum Gasteiger partial charge on any atom is 0.330 e. The van der Waals surface area contributed by atoms with E-state index in [1.54, 1.807) is 19.3 Å². The lowest BCUT2D eigenvalue weighted by Gasteiger charge is -2.59. The first-order chi connectivity index (χ1) is 10.5. The minimum Gasteiger partial charge on any atom is -0.479 e. The van der Waals surface area contributed by atoms with Gasteiger partial charge in [-0.2, -0.15) is 5.10 Å². The number of carbonyl (C=O) groups is 2. The quantitative estimate of drug-likeness (QED) is 0.880. The lowest BCUT2D eigenvalue weighted by molar-refractivity contribution is -0.163. The van der Waals surface area contributed by atoms with Crippen LogP contribution in [0.25, 0.3) is 0 Å². The predicted molar refractivity (Wildman–Crippen MR) is 85.3 cm³/mol. The molecular weight excluding hydrogens is 318 g/mol. The molecule has 4 fully saturated rings. The molecule has 5 rings (SSSR count). The molecule has 4 saturated carbocycles. The van der Waals surface area contributed by atoms with Gasteiger partial charge in [-0.1, -0.05) is 0 Å². The summed E-state index contributed by atoms with van der Waals surface area (Å²) in [6, 6.07) is 1.63. The third-order valence-electron chi connectivity index (χ3n) is 6.15. The van der Waals surface area contributed by atoms with Crippen LogP contribution in [0.5, 0.6) is 0 Å². The summed E-state index contributed by atoms with van der Waals surface area (Å²) >= 11 is 0. The number of hydrogen-bond donors (Lipinski definition) is 2. The van der Waals surface area contributed by atoms with E-state index in [1.807, 2.05) is 0 Å². The first kappa shape index (κ1) is 16.3. The zero-order valence-corrected chi connectivity index (χ0v) is 13.9. The standard InChI is InChI=1S/C16H21N3O3.ClH/c1-19-13(2-3-17-19)14(20)18-16(15(21)22)11-5-9-4-10(7-11)8-12(16)6-9;/h2-3,9-12H,4-8H2,1H3,(H,18,20)(H,21,22);1H. The van der Waals surface area contributed by atoms with Crippen LogP contribution in [0, 0.1) is 23.7 Å². The molecule has 0 radical (unpaired) electrons. The van der Waals surface area contributed by atoms with Gasteiger partial charge in [0.25, 0.3) is 5.91 Å². The van der Waals surface area contributed by atoms with Crippen molar-refractivity contribution >= 4 is 24.3 Å². The zero-order chi connectivity index (χ0) is 15.5. The fraction of sp³-hybridized carbons (Fsp3) is 0.688. The second-order valence-electron chi connectivity index (χ2n) is 7.27. The summed E-state index contributed by atoms with van der Waals surface area (Å²) in [5.41, 5.74) is -0.677. The fourth-order valence-electron chi connectivity index (χ4n) is 5.38. The predicted octanol–water partition coefficient (Wildman–Crippen LogP) is 1.85. The molecule has 4 bridgehead atoms. The molecule has 23 heavy (non-hydrogen) atoms. The van der Waals surface area contributed by atoms with Gasteiger partial charge >= 0.3 is 5.97 Å². The highest BCUT2D eigenvalue weighted by atomic mass is 35.5. The Bertz CT molecular complexity index is 614. The Hall–Kier alpha value is -1.56. The van der Waals surface area contributed by atoms with Gasteiger partial charge in [0, 0.05) is 13.2 Å². The van der Waals surface area contributed by atoms with Crippen molar-refractivity contribution in [3.05, 3.63) is 18.0 Å². The van der Waals surface area contributed by atoms with Crippen LogP contribution in [-0.2, 0) is 11.8 Å². The summed E-state index contributed by atoms with van der Waals surface area (Å²) < 4.78 is 1.49. The lowest BCUT2D eigenvalue weighted by Crippen LogP contribution is -2.70. The number of rotatable bonds is 3. The molecule has 0 saturated heterocycles. The summed E-state index contributed by atoms with van der Waals surface area (Å²) in [5, 5.41) is 16.9. The van der Waals surface area contributed by atoms with Crippen molar-refractivity contribution in [3.63, 3.8) is 0 Å². The molecule has 126 valence electrons. The number of carboxylic acid groups (broad SMARTS) is 1. The van der Waals surface area contributed by atoms with Crippen molar-refractivity contribution in [1.29, 1.82) is 0 Å². The second kappa shape index (κ2) is 5.51. The molecule has 1 heterocycles. The fourth-order valence-corrected chi connectivity index (χ4v) is 5.38. The van der Waals surface area contributed by atoms with Gasteiger partial charge in [-0.15, -0.1) is 12.4 Å².